The van der Waals surface area contributed by atoms with E-state index in [1.165, 1.54) is 23.2 Å². The van der Waals surface area contributed by atoms with Crippen molar-refractivity contribution in [2.75, 3.05) is 18.5 Å². The topological polar surface area (TPSA) is 32.7 Å². The maximum absolute atomic E-state index is 10.5. The van der Waals surface area contributed by atoms with Gasteiger partial charge in [0.15, 0.2) is 0 Å². The van der Waals surface area contributed by atoms with Crippen LogP contribution in [0, 0.1) is 0 Å². The molecule has 0 spiro atoms. The molecule has 17 heavy (non-hydrogen) atoms. The van der Waals surface area contributed by atoms with E-state index in [0.717, 1.165) is 25.8 Å². The lowest BCUT2D eigenvalue weighted by molar-refractivity contribution is 0.556. The van der Waals surface area contributed by atoms with Crippen molar-refractivity contribution >= 4 is 11.8 Å². The van der Waals surface area contributed by atoms with Crippen molar-refractivity contribution in [3.63, 3.8) is 0 Å². The monoisotopic (exact) mass is 228 g/mol. The molecule has 88 valence electrons. The number of aliphatic imine (C=N–C) groups is 1. The van der Waals surface area contributed by atoms with Crippen LogP contribution in [0.3, 0.4) is 0 Å². The van der Waals surface area contributed by atoms with E-state index in [2.05, 4.69) is 35.1 Å². The van der Waals surface area contributed by atoms with Crippen LogP contribution in [0.1, 0.15) is 30.4 Å². The van der Waals surface area contributed by atoms with E-state index in [1.54, 1.807) is 6.08 Å². The van der Waals surface area contributed by atoms with Gasteiger partial charge in [0.2, 0.25) is 6.08 Å². The summed E-state index contributed by atoms with van der Waals surface area (Å²) in [6, 6.07) is 6.54. The molecule has 0 radical (unpaired) electrons. The number of benzene rings is 1. The summed E-state index contributed by atoms with van der Waals surface area (Å²) in [7, 11) is 2.13. The van der Waals surface area contributed by atoms with Crippen LogP contribution >= 0.6 is 0 Å². The quantitative estimate of drug-likeness (QED) is 0.575. The normalized spacial score (nSPS) is 20.4. The number of hydrogen-bond acceptors (Lipinski definition) is 3. The minimum Gasteiger partial charge on any atom is -0.374 e. The average molecular weight is 228 g/mol. The van der Waals surface area contributed by atoms with Gasteiger partial charge in [-0.05, 0) is 42.9 Å². The molecule has 1 saturated carbocycles. The molecule has 0 unspecified atom stereocenters. The fourth-order valence-corrected chi connectivity index (χ4v) is 2.72. The van der Waals surface area contributed by atoms with Gasteiger partial charge in [-0.3, -0.25) is 0 Å². The molecule has 0 bridgehead atoms. The minimum absolute atomic E-state index is 0.241. The van der Waals surface area contributed by atoms with Crippen LogP contribution in [0.5, 0.6) is 0 Å². The third-order valence-corrected chi connectivity index (χ3v) is 3.96. The van der Waals surface area contributed by atoms with Gasteiger partial charge in [-0.15, -0.1) is 0 Å². The highest BCUT2D eigenvalue weighted by molar-refractivity contribution is 5.58. The van der Waals surface area contributed by atoms with Crippen LogP contribution in [-0.4, -0.2) is 19.7 Å². The predicted octanol–water partition coefficient (Wildman–Crippen LogP) is 2.39. The number of fused-ring (bicyclic) bond motifs is 1. The van der Waals surface area contributed by atoms with Gasteiger partial charge in [-0.2, -0.15) is 4.99 Å². The number of anilines is 1. The lowest BCUT2D eigenvalue weighted by Crippen LogP contribution is -2.25. The molecule has 0 atom stereocenters. The van der Waals surface area contributed by atoms with E-state index >= 15 is 0 Å². The van der Waals surface area contributed by atoms with E-state index in [9.17, 15) is 4.79 Å². The Morgan fingerprint density at radius 1 is 1.41 bits per heavy atom. The first-order valence-corrected chi connectivity index (χ1v) is 6.19. The summed E-state index contributed by atoms with van der Waals surface area (Å²) in [6.07, 6.45) is 6.05. The lowest BCUT2D eigenvalue weighted by Gasteiger charge is -2.28. The number of carbonyl (C=O) groups excluding carboxylic acids is 1. The first-order valence-electron chi connectivity index (χ1n) is 6.19. The van der Waals surface area contributed by atoms with Crippen LogP contribution in [0.25, 0.3) is 0 Å². The molecular weight excluding hydrogens is 212 g/mol. The Hall–Kier alpha value is -1.60. The molecule has 0 saturated heterocycles. The largest absolute Gasteiger partial charge is 0.374 e. The van der Waals surface area contributed by atoms with Crippen molar-refractivity contribution < 1.29 is 4.79 Å². The zero-order valence-electron chi connectivity index (χ0n) is 10.1. The second-order valence-corrected chi connectivity index (χ2v) is 5.10. The smallest absolute Gasteiger partial charge is 0.235 e. The molecule has 3 rings (SSSR count). The van der Waals surface area contributed by atoms with Crippen LogP contribution < -0.4 is 4.90 Å². The third-order valence-electron chi connectivity index (χ3n) is 3.96. The molecule has 2 aliphatic rings. The van der Waals surface area contributed by atoms with Crippen molar-refractivity contribution in [2.45, 2.75) is 31.2 Å². The van der Waals surface area contributed by atoms with Gasteiger partial charge in [-0.25, -0.2) is 4.79 Å². The highest BCUT2D eigenvalue weighted by Crippen LogP contribution is 2.50. The number of rotatable bonds is 2. The Morgan fingerprint density at radius 2 is 2.24 bits per heavy atom. The van der Waals surface area contributed by atoms with Crippen LogP contribution in [-0.2, 0) is 16.8 Å². The van der Waals surface area contributed by atoms with Crippen LogP contribution in [0.4, 0.5) is 5.69 Å². The molecule has 1 heterocycles. The number of hydrogen-bond donors (Lipinski definition) is 0. The number of nitrogens with zero attached hydrogens (tertiary/aromatic N) is 2. The van der Waals surface area contributed by atoms with Crippen molar-refractivity contribution in [1.29, 1.82) is 0 Å². The first-order chi connectivity index (χ1) is 8.25. The molecule has 1 fully saturated rings. The van der Waals surface area contributed by atoms with Crippen molar-refractivity contribution in [1.82, 2.24) is 0 Å². The predicted molar refractivity (Wildman–Crippen MR) is 67.1 cm³/mol. The van der Waals surface area contributed by atoms with Gasteiger partial charge in [0.25, 0.3) is 0 Å². The summed E-state index contributed by atoms with van der Waals surface area (Å²) < 4.78 is 0. The van der Waals surface area contributed by atoms with Crippen molar-refractivity contribution in [3.8, 4) is 0 Å². The highest BCUT2D eigenvalue weighted by Gasteiger charge is 2.45. The van der Waals surface area contributed by atoms with Gasteiger partial charge in [0.1, 0.15) is 0 Å². The van der Waals surface area contributed by atoms with E-state index < -0.39 is 0 Å². The summed E-state index contributed by atoms with van der Waals surface area (Å²) in [5.41, 5.74) is 3.65. The fourth-order valence-electron chi connectivity index (χ4n) is 2.72. The Balaban J connectivity index is 2.03. The van der Waals surface area contributed by atoms with Crippen molar-refractivity contribution in [3.05, 3.63) is 29.3 Å². The lowest BCUT2D eigenvalue weighted by atomic mass is 9.96. The SMILES string of the molecule is CN1CCCc2ccc(C3(N=C=O)CC3)cc21. The van der Waals surface area contributed by atoms with E-state index in [4.69, 9.17) is 0 Å². The summed E-state index contributed by atoms with van der Waals surface area (Å²) in [5.74, 6) is 0. The molecule has 0 amide bonds. The molecule has 1 aromatic rings. The molecule has 1 aliphatic heterocycles. The van der Waals surface area contributed by atoms with Gasteiger partial charge in [-0.1, -0.05) is 12.1 Å². The molecule has 1 aliphatic carbocycles. The van der Waals surface area contributed by atoms with Gasteiger partial charge in [0, 0.05) is 19.3 Å². The third kappa shape index (κ3) is 1.67. The Morgan fingerprint density at radius 3 is 2.94 bits per heavy atom. The van der Waals surface area contributed by atoms with Gasteiger partial charge < -0.3 is 4.90 Å². The summed E-state index contributed by atoms with van der Waals surface area (Å²) in [4.78, 5) is 16.8. The molecule has 3 heteroatoms. The molecular formula is C14H16N2O. The van der Waals surface area contributed by atoms with E-state index in [-0.39, 0.29) is 5.54 Å². The zero-order chi connectivity index (χ0) is 11.9. The number of isocyanates is 1. The van der Waals surface area contributed by atoms with Crippen LogP contribution in [0.2, 0.25) is 0 Å². The highest BCUT2D eigenvalue weighted by atomic mass is 16.1. The molecule has 3 nitrogen and oxygen atoms in total. The standard InChI is InChI=1S/C14H16N2O/c1-16-8-2-3-11-4-5-12(9-13(11)16)14(6-7-14)15-10-17/h4-5,9H,2-3,6-8H2,1H3. The first kappa shape index (κ1) is 10.5. The molecule has 0 N–H and O–H groups in total. The maximum atomic E-state index is 10.5. The van der Waals surface area contributed by atoms with Crippen molar-refractivity contribution in [2.24, 2.45) is 4.99 Å². The fraction of sp³-hybridized carbons (Fsp3) is 0.500. The van der Waals surface area contributed by atoms with E-state index in [1.807, 2.05) is 0 Å². The Bertz CT molecular complexity index is 499. The molecule has 0 aromatic heterocycles. The zero-order valence-corrected chi connectivity index (χ0v) is 10.1. The average Bonchev–Trinajstić information content (AvgIpc) is 3.11. The van der Waals surface area contributed by atoms with Gasteiger partial charge in [0.05, 0.1) is 5.54 Å². The van der Waals surface area contributed by atoms with Gasteiger partial charge >= 0.3 is 0 Å². The number of aryl methyl sites for hydroxylation is 1. The minimum atomic E-state index is -0.241. The molecule has 1 aromatic carbocycles. The summed E-state index contributed by atoms with van der Waals surface area (Å²) in [5, 5.41) is 0. The maximum Gasteiger partial charge on any atom is 0.235 e. The second kappa shape index (κ2) is 3.71. The Kier molecular flexibility index (Phi) is 2.30. The second-order valence-electron chi connectivity index (χ2n) is 5.10. The Labute approximate surface area is 101 Å². The van der Waals surface area contributed by atoms with E-state index in [0.29, 0.717) is 0 Å². The van der Waals surface area contributed by atoms with Crippen LogP contribution in [0.15, 0.2) is 23.2 Å². The summed E-state index contributed by atoms with van der Waals surface area (Å²) >= 11 is 0. The summed E-state index contributed by atoms with van der Waals surface area (Å²) in [6.45, 7) is 1.11.